The van der Waals surface area contributed by atoms with Crippen molar-refractivity contribution in [3.05, 3.63) is 59.7 Å². The van der Waals surface area contributed by atoms with Gasteiger partial charge in [-0.1, -0.05) is 43.7 Å². The van der Waals surface area contributed by atoms with Crippen LogP contribution in [0.1, 0.15) is 35.7 Å². The van der Waals surface area contributed by atoms with E-state index in [1.807, 2.05) is 61.5 Å². The van der Waals surface area contributed by atoms with Crippen molar-refractivity contribution in [3.63, 3.8) is 0 Å². The summed E-state index contributed by atoms with van der Waals surface area (Å²) in [5.41, 5.74) is 2.44. The highest BCUT2D eigenvalue weighted by molar-refractivity contribution is 5.93. The zero-order valence-corrected chi connectivity index (χ0v) is 16.5. The molecule has 5 heteroatoms. The minimum Gasteiger partial charge on any atom is -0.488 e. The van der Waals surface area contributed by atoms with Crippen LogP contribution in [0.25, 0.3) is 0 Å². The van der Waals surface area contributed by atoms with Gasteiger partial charge in [0, 0.05) is 24.8 Å². The van der Waals surface area contributed by atoms with Gasteiger partial charge in [0.25, 0.3) is 0 Å². The van der Waals surface area contributed by atoms with Gasteiger partial charge in [-0.25, -0.2) is 4.79 Å². The van der Waals surface area contributed by atoms with E-state index in [1.165, 1.54) is 0 Å². The van der Waals surface area contributed by atoms with E-state index in [-0.39, 0.29) is 5.97 Å². The van der Waals surface area contributed by atoms with Gasteiger partial charge in [0.15, 0.2) is 0 Å². The van der Waals surface area contributed by atoms with Crippen molar-refractivity contribution in [2.45, 2.75) is 26.4 Å². The number of likely N-dealkylation sites (N-methyl/N-ethyl adjacent to an activating group) is 1. The first-order valence-corrected chi connectivity index (χ1v) is 9.46. The summed E-state index contributed by atoms with van der Waals surface area (Å²) in [6, 6.07) is 15.4. The first-order chi connectivity index (χ1) is 13.1. The van der Waals surface area contributed by atoms with Crippen LogP contribution in [0.5, 0.6) is 5.75 Å². The standard InChI is InChI=1S/C22H30N2O3/c1-4-5-13-23-19-11-12-20(22(25)26-15-14-24(2)3)21(16-19)27-17-18-9-7-6-8-10-18/h6-12,16,23H,4-5,13-15,17H2,1-3H3. The lowest BCUT2D eigenvalue weighted by Crippen LogP contribution is -2.20. The molecule has 0 amide bonds. The summed E-state index contributed by atoms with van der Waals surface area (Å²) < 4.78 is 11.4. The van der Waals surface area contributed by atoms with E-state index in [9.17, 15) is 4.79 Å². The summed E-state index contributed by atoms with van der Waals surface area (Å²) in [6.07, 6.45) is 2.22. The Morgan fingerprint density at radius 3 is 2.59 bits per heavy atom. The minimum atomic E-state index is -0.361. The van der Waals surface area contributed by atoms with Crippen LogP contribution in [-0.4, -0.2) is 44.7 Å². The van der Waals surface area contributed by atoms with E-state index < -0.39 is 0 Å². The van der Waals surface area contributed by atoms with Crippen molar-refractivity contribution in [3.8, 4) is 5.75 Å². The minimum absolute atomic E-state index is 0.348. The van der Waals surface area contributed by atoms with Crippen LogP contribution in [-0.2, 0) is 11.3 Å². The molecular weight excluding hydrogens is 340 g/mol. The first-order valence-electron chi connectivity index (χ1n) is 9.46. The number of anilines is 1. The molecule has 0 radical (unpaired) electrons. The molecule has 0 unspecified atom stereocenters. The number of unbranched alkanes of at least 4 members (excludes halogenated alkanes) is 1. The van der Waals surface area contributed by atoms with Crippen LogP contribution in [0.4, 0.5) is 5.69 Å². The Bertz CT molecular complexity index is 702. The van der Waals surface area contributed by atoms with Crippen LogP contribution in [0.15, 0.2) is 48.5 Å². The smallest absolute Gasteiger partial charge is 0.341 e. The van der Waals surface area contributed by atoms with Crippen molar-refractivity contribution < 1.29 is 14.3 Å². The molecule has 0 aliphatic rings. The van der Waals surface area contributed by atoms with Gasteiger partial charge < -0.3 is 19.7 Å². The summed E-state index contributed by atoms with van der Waals surface area (Å²) >= 11 is 0. The number of hydrogen-bond donors (Lipinski definition) is 1. The Balaban J connectivity index is 2.10. The fourth-order valence-corrected chi connectivity index (χ4v) is 2.46. The molecule has 0 bridgehead atoms. The Morgan fingerprint density at radius 1 is 1.11 bits per heavy atom. The molecule has 0 aliphatic carbocycles. The number of esters is 1. The zero-order chi connectivity index (χ0) is 19.5. The molecule has 2 aromatic carbocycles. The van der Waals surface area contributed by atoms with E-state index in [0.29, 0.717) is 31.1 Å². The lowest BCUT2D eigenvalue weighted by molar-refractivity contribution is 0.0477. The molecule has 1 N–H and O–H groups in total. The number of hydrogen-bond acceptors (Lipinski definition) is 5. The van der Waals surface area contributed by atoms with Crippen molar-refractivity contribution in [1.82, 2.24) is 4.90 Å². The second-order valence-electron chi connectivity index (χ2n) is 6.70. The third kappa shape index (κ3) is 7.31. The average molecular weight is 370 g/mol. The maximum Gasteiger partial charge on any atom is 0.341 e. The highest BCUT2D eigenvalue weighted by Crippen LogP contribution is 2.25. The number of rotatable bonds is 11. The van der Waals surface area contributed by atoms with Crippen molar-refractivity contribution in [1.29, 1.82) is 0 Å². The Hall–Kier alpha value is -2.53. The van der Waals surface area contributed by atoms with E-state index >= 15 is 0 Å². The van der Waals surface area contributed by atoms with Crippen LogP contribution < -0.4 is 10.1 Å². The molecule has 0 saturated carbocycles. The van der Waals surface area contributed by atoms with Gasteiger partial charge >= 0.3 is 5.97 Å². The molecule has 5 nitrogen and oxygen atoms in total. The summed E-state index contributed by atoms with van der Waals surface area (Å²) in [5.74, 6) is 0.176. The highest BCUT2D eigenvalue weighted by Gasteiger charge is 2.15. The third-order valence-corrected chi connectivity index (χ3v) is 4.07. The van der Waals surface area contributed by atoms with E-state index in [2.05, 4.69) is 12.2 Å². The highest BCUT2D eigenvalue weighted by atomic mass is 16.5. The molecule has 0 atom stereocenters. The number of nitrogens with one attached hydrogen (secondary N) is 1. The quantitative estimate of drug-likeness (QED) is 0.475. The summed E-state index contributed by atoms with van der Waals surface area (Å²) in [5, 5.41) is 3.37. The molecule has 0 fully saturated rings. The second kappa shape index (κ2) is 11.2. The normalized spacial score (nSPS) is 10.7. The van der Waals surface area contributed by atoms with Gasteiger partial charge in [-0.3, -0.25) is 0 Å². The number of carbonyl (C=O) groups excluding carboxylic acids is 1. The van der Waals surface area contributed by atoms with Crippen LogP contribution >= 0.6 is 0 Å². The molecule has 2 rings (SSSR count). The molecule has 0 aromatic heterocycles. The maximum absolute atomic E-state index is 12.5. The predicted octanol–water partition coefficient (Wildman–Crippen LogP) is 4.20. The monoisotopic (exact) mass is 370 g/mol. The Morgan fingerprint density at radius 2 is 1.89 bits per heavy atom. The maximum atomic E-state index is 12.5. The topological polar surface area (TPSA) is 50.8 Å². The summed E-state index contributed by atoms with van der Waals surface area (Å²) in [6.45, 7) is 4.48. The first kappa shape index (κ1) is 20.8. The predicted molar refractivity (Wildman–Crippen MR) is 109 cm³/mol. The third-order valence-electron chi connectivity index (χ3n) is 4.07. The van der Waals surface area contributed by atoms with Gasteiger partial charge in [-0.05, 0) is 38.2 Å². The van der Waals surface area contributed by atoms with E-state index in [4.69, 9.17) is 9.47 Å². The lowest BCUT2D eigenvalue weighted by Gasteiger charge is -2.15. The second-order valence-corrected chi connectivity index (χ2v) is 6.70. The molecule has 146 valence electrons. The zero-order valence-electron chi connectivity index (χ0n) is 16.5. The number of nitrogens with zero attached hydrogens (tertiary/aromatic N) is 1. The van der Waals surface area contributed by atoms with Crippen molar-refractivity contribution in [2.24, 2.45) is 0 Å². The summed E-state index contributed by atoms with van der Waals surface area (Å²) in [4.78, 5) is 14.5. The number of ether oxygens (including phenoxy) is 2. The van der Waals surface area contributed by atoms with Crippen LogP contribution in [0.3, 0.4) is 0 Å². The molecule has 0 aliphatic heterocycles. The lowest BCUT2D eigenvalue weighted by atomic mass is 10.1. The van der Waals surface area contributed by atoms with Gasteiger partial charge in [-0.15, -0.1) is 0 Å². The fraction of sp³-hybridized carbons (Fsp3) is 0.409. The Kier molecular flexibility index (Phi) is 8.65. The van der Waals surface area contributed by atoms with Crippen LogP contribution in [0.2, 0.25) is 0 Å². The van der Waals surface area contributed by atoms with Gasteiger partial charge in [0.05, 0.1) is 0 Å². The molecule has 27 heavy (non-hydrogen) atoms. The number of carbonyl (C=O) groups is 1. The van der Waals surface area contributed by atoms with E-state index in [1.54, 1.807) is 6.07 Å². The molecule has 0 heterocycles. The van der Waals surface area contributed by atoms with E-state index in [0.717, 1.165) is 30.6 Å². The fourth-order valence-electron chi connectivity index (χ4n) is 2.46. The molecule has 0 saturated heterocycles. The average Bonchev–Trinajstić information content (AvgIpc) is 2.67. The number of benzene rings is 2. The molecule has 2 aromatic rings. The largest absolute Gasteiger partial charge is 0.488 e. The molecule has 0 spiro atoms. The molecular formula is C22H30N2O3. The van der Waals surface area contributed by atoms with Gasteiger partial charge in [0.1, 0.15) is 24.5 Å². The van der Waals surface area contributed by atoms with Crippen molar-refractivity contribution in [2.75, 3.05) is 39.1 Å². The van der Waals surface area contributed by atoms with Gasteiger partial charge in [0.2, 0.25) is 0 Å². The van der Waals surface area contributed by atoms with Crippen LogP contribution in [0, 0.1) is 0 Å². The van der Waals surface area contributed by atoms with Gasteiger partial charge in [-0.2, -0.15) is 0 Å². The van der Waals surface area contributed by atoms with Crippen molar-refractivity contribution >= 4 is 11.7 Å². The SMILES string of the molecule is CCCCNc1ccc(C(=O)OCCN(C)C)c(OCc2ccccc2)c1. The Labute approximate surface area is 162 Å². The summed E-state index contributed by atoms with van der Waals surface area (Å²) in [7, 11) is 3.89.